The summed E-state index contributed by atoms with van der Waals surface area (Å²) in [6.45, 7) is 1.96. The van der Waals surface area contributed by atoms with Gasteiger partial charge in [-0.2, -0.15) is 0 Å². The predicted molar refractivity (Wildman–Crippen MR) is 60.3 cm³/mol. The summed E-state index contributed by atoms with van der Waals surface area (Å²) in [6, 6.07) is 4.50. The molecule has 0 aromatic heterocycles. The van der Waals surface area contributed by atoms with Gasteiger partial charge in [0.1, 0.15) is 0 Å². The Labute approximate surface area is 95.4 Å². The third-order valence-corrected chi connectivity index (χ3v) is 3.27. The van der Waals surface area contributed by atoms with E-state index in [1.54, 1.807) is 6.07 Å². The Morgan fingerprint density at radius 1 is 1.64 bits per heavy atom. The standard InChI is InChI=1S/C9H9BrClNO2/c1-6(5-10)8-4-7(12(13)14)2-3-9(8)11/h2-4,6H,5H2,1H3. The third-order valence-electron chi connectivity index (χ3n) is 1.95. The Kier molecular flexibility index (Phi) is 3.89. The summed E-state index contributed by atoms with van der Waals surface area (Å²) in [5.41, 5.74) is 0.884. The molecule has 0 radical (unpaired) electrons. The molecule has 0 aliphatic heterocycles. The molecule has 5 heteroatoms. The maximum Gasteiger partial charge on any atom is 0.269 e. The number of non-ortho nitro benzene ring substituents is 1. The van der Waals surface area contributed by atoms with Crippen LogP contribution in [0.15, 0.2) is 18.2 Å². The van der Waals surface area contributed by atoms with E-state index in [0.29, 0.717) is 5.02 Å². The smallest absolute Gasteiger partial charge is 0.258 e. The van der Waals surface area contributed by atoms with Gasteiger partial charge in [0.05, 0.1) is 4.92 Å². The Hall–Kier alpha value is -0.610. The molecule has 76 valence electrons. The first-order chi connectivity index (χ1) is 6.56. The SMILES string of the molecule is CC(CBr)c1cc([N+](=O)[O-])ccc1Cl. The van der Waals surface area contributed by atoms with E-state index in [-0.39, 0.29) is 11.6 Å². The van der Waals surface area contributed by atoms with Gasteiger partial charge in [-0.25, -0.2) is 0 Å². The summed E-state index contributed by atoms with van der Waals surface area (Å²) in [7, 11) is 0. The van der Waals surface area contributed by atoms with Gasteiger partial charge in [-0.05, 0) is 17.5 Å². The van der Waals surface area contributed by atoms with Crippen LogP contribution in [0.5, 0.6) is 0 Å². The Morgan fingerprint density at radius 3 is 2.79 bits per heavy atom. The van der Waals surface area contributed by atoms with Crippen molar-refractivity contribution >= 4 is 33.2 Å². The molecule has 3 nitrogen and oxygen atoms in total. The third kappa shape index (κ3) is 2.45. The lowest BCUT2D eigenvalue weighted by Gasteiger charge is -2.09. The van der Waals surface area contributed by atoms with Crippen LogP contribution >= 0.6 is 27.5 Å². The second-order valence-electron chi connectivity index (χ2n) is 3.02. The fraction of sp³-hybridized carbons (Fsp3) is 0.333. The fourth-order valence-corrected chi connectivity index (χ4v) is 1.76. The zero-order chi connectivity index (χ0) is 10.7. The summed E-state index contributed by atoms with van der Waals surface area (Å²) in [5.74, 6) is 0.169. The minimum absolute atomic E-state index is 0.0807. The quantitative estimate of drug-likeness (QED) is 0.480. The van der Waals surface area contributed by atoms with Crippen molar-refractivity contribution < 1.29 is 4.92 Å². The van der Waals surface area contributed by atoms with Crippen LogP contribution in [0.3, 0.4) is 0 Å². The Bertz CT molecular complexity index is 357. The number of benzene rings is 1. The summed E-state index contributed by atoms with van der Waals surface area (Å²) in [4.78, 5) is 10.1. The highest BCUT2D eigenvalue weighted by molar-refractivity contribution is 9.09. The van der Waals surface area contributed by atoms with Crippen molar-refractivity contribution in [2.75, 3.05) is 5.33 Å². The summed E-state index contributed by atoms with van der Waals surface area (Å²) < 4.78 is 0. The van der Waals surface area contributed by atoms with E-state index >= 15 is 0 Å². The van der Waals surface area contributed by atoms with Gasteiger partial charge in [0.2, 0.25) is 0 Å². The van der Waals surface area contributed by atoms with Crippen LogP contribution in [-0.4, -0.2) is 10.3 Å². The van der Waals surface area contributed by atoms with E-state index in [9.17, 15) is 10.1 Å². The maximum atomic E-state index is 10.5. The molecule has 1 rings (SSSR count). The number of hydrogen-bond donors (Lipinski definition) is 0. The molecule has 0 aliphatic rings. The highest BCUT2D eigenvalue weighted by Gasteiger charge is 2.13. The number of nitro groups is 1. The van der Waals surface area contributed by atoms with Crippen molar-refractivity contribution in [2.45, 2.75) is 12.8 Å². The molecule has 0 heterocycles. The lowest BCUT2D eigenvalue weighted by molar-refractivity contribution is -0.384. The van der Waals surface area contributed by atoms with Crippen molar-refractivity contribution in [3.05, 3.63) is 38.9 Å². The van der Waals surface area contributed by atoms with Gasteiger partial charge in [-0.15, -0.1) is 0 Å². The Balaban J connectivity index is 3.14. The molecule has 0 spiro atoms. The van der Waals surface area contributed by atoms with Crippen LogP contribution in [-0.2, 0) is 0 Å². The van der Waals surface area contributed by atoms with E-state index in [1.807, 2.05) is 6.92 Å². The zero-order valence-electron chi connectivity index (χ0n) is 7.54. The minimum atomic E-state index is -0.416. The van der Waals surface area contributed by atoms with Gasteiger partial charge in [0.25, 0.3) is 5.69 Å². The van der Waals surface area contributed by atoms with Crippen molar-refractivity contribution in [2.24, 2.45) is 0 Å². The average Bonchev–Trinajstić information content (AvgIpc) is 2.17. The molecule has 0 saturated carbocycles. The number of hydrogen-bond acceptors (Lipinski definition) is 2. The molecule has 14 heavy (non-hydrogen) atoms. The fourth-order valence-electron chi connectivity index (χ4n) is 1.11. The summed E-state index contributed by atoms with van der Waals surface area (Å²) >= 11 is 9.25. The molecular weight excluding hydrogens is 269 g/mol. The van der Waals surface area contributed by atoms with E-state index in [0.717, 1.165) is 10.9 Å². The van der Waals surface area contributed by atoms with E-state index in [2.05, 4.69) is 15.9 Å². The summed E-state index contributed by atoms with van der Waals surface area (Å²) in [6.07, 6.45) is 0. The van der Waals surface area contributed by atoms with E-state index in [1.165, 1.54) is 12.1 Å². The molecule has 1 unspecified atom stereocenters. The first-order valence-electron chi connectivity index (χ1n) is 4.06. The van der Waals surface area contributed by atoms with E-state index < -0.39 is 4.92 Å². The monoisotopic (exact) mass is 277 g/mol. The van der Waals surface area contributed by atoms with Gasteiger partial charge in [0, 0.05) is 22.5 Å². The molecule has 0 fully saturated rings. The van der Waals surface area contributed by atoms with Crippen molar-refractivity contribution in [3.8, 4) is 0 Å². The van der Waals surface area contributed by atoms with Gasteiger partial charge in [0.15, 0.2) is 0 Å². The number of halogens is 2. The molecule has 0 amide bonds. The normalized spacial score (nSPS) is 12.5. The van der Waals surface area contributed by atoms with Crippen LogP contribution in [0.4, 0.5) is 5.69 Å². The molecule has 1 aromatic rings. The highest BCUT2D eigenvalue weighted by Crippen LogP contribution is 2.29. The number of nitrogens with zero attached hydrogens (tertiary/aromatic N) is 1. The van der Waals surface area contributed by atoms with Crippen molar-refractivity contribution in [3.63, 3.8) is 0 Å². The highest BCUT2D eigenvalue weighted by atomic mass is 79.9. The largest absolute Gasteiger partial charge is 0.269 e. The topological polar surface area (TPSA) is 43.1 Å². The first-order valence-corrected chi connectivity index (χ1v) is 5.56. The number of nitro benzene ring substituents is 1. The second-order valence-corrected chi connectivity index (χ2v) is 4.07. The average molecular weight is 279 g/mol. The van der Waals surface area contributed by atoms with Crippen molar-refractivity contribution in [1.29, 1.82) is 0 Å². The molecule has 0 aliphatic carbocycles. The number of rotatable bonds is 3. The van der Waals surface area contributed by atoms with E-state index in [4.69, 9.17) is 11.6 Å². The van der Waals surface area contributed by atoms with Crippen LogP contribution < -0.4 is 0 Å². The lowest BCUT2D eigenvalue weighted by atomic mass is 10.0. The molecule has 0 bridgehead atoms. The van der Waals surface area contributed by atoms with Crippen LogP contribution in [0, 0.1) is 10.1 Å². The van der Waals surface area contributed by atoms with Gasteiger partial charge < -0.3 is 0 Å². The lowest BCUT2D eigenvalue weighted by Crippen LogP contribution is -1.97. The van der Waals surface area contributed by atoms with Gasteiger partial charge in [-0.1, -0.05) is 34.5 Å². The maximum absolute atomic E-state index is 10.5. The number of alkyl halides is 1. The minimum Gasteiger partial charge on any atom is -0.258 e. The van der Waals surface area contributed by atoms with Gasteiger partial charge in [-0.3, -0.25) is 10.1 Å². The summed E-state index contributed by atoms with van der Waals surface area (Å²) in [5, 5.41) is 11.8. The molecule has 1 aromatic carbocycles. The van der Waals surface area contributed by atoms with Crippen LogP contribution in [0.2, 0.25) is 5.02 Å². The van der Waals surface area contributed by atoms with Gasteiger partial charge >= 0.3 is 0 Å². The second kappa shape index (κ2) is 4.75. The Morgan fingerprint density at radius 2 is 2.29 bits per heavy atom. The predicted octanol–water partition coefficient (Wildman–Crippen LogP) is 3.75. The van der Waals surface area contributed by atoms with Crippen LogP contribution in [0.1, 0.15) is 18.4 Å². The molecule has 0 saturated heterocycles. The van der Waals surface area contributed by atoms with Crippen molar-refractivity contribution in [1.82, 2.24) is 0 Å². The van der Waals surface area contributed by atoms with Crippen LogP contribution in [0.25, 0.3) is 0 Å². The zero-order valence-corrected chi connectivity index (χ0v) is 9.88. The molecule has 1 atom stereocenters. The first kappa shape index (κ1) is 11.5. The molecule has 0 N–H and O–H groups in total. The molecular formula is C9H9BrClNO2.